The summed E-state index contributed by atoms with van der Waals surface area (Å²) in [6.07, 6.45) is 4.95. The van der Waals surface area contributed by atoms with Gasteiger partial charge >= 0.3 is 0 Å². The molecule has 0 radical (unpaired) electrons. The second-order valence-corrected chi connectivity index (χ2v) is 7.41. The molecule has 1 saturated heterocycles. The summed E-state index contributed by atoms with van der Waals surface area (Å²) in [6.45, 7) is 4.11. The predicted molar refractivity (Wildman–Crippen MR) is 113 cm³/mol. The fourth-order valence-corrected chi connectivity index (χ4v) is 3.83. The van der Waals surface area contributed by atoms with Gasteiger partial charge in [0.05, 0.1) is 29.6 Å². The summed E-state index contributed by atoms with van der Waals surface area (Å²) < 4.78 is 32.8. The molecule has 30 heavy (non-hydrogen) atoms. The number of anilines is 2. The van der Waals surface area contributed by atoms with Crippen molar-refractivity contribution < 1.29 is 13.5 Å². The molecule has 2 heterocycles. The normalized spacial score (nSPS) is 16.9. The zero-order valence-corrected chi connectivity index (χ0v) is 16.7. The van der Waals surface area contributed by atoms with Crippen LogP contribution in [0.4, 0.5) is 20.2 Å². The van der Waals surface area contributed by atoms with E-state index in [4.69, 9.17) is 4.74 Å². The number of ether oxygens (including phenoxy) is 1. The Hall–Kier alpha value is -3.40. The minimum absolute atomic E-state index is 0.0854. The summed E-state index contributed by atoms with van der Waals surface area (Å²) >= 11 is 0. The van der Waals surface area contributed by atoms with Crippen molar-refractivity contribution in [2.45, 2.75) is 25.9 Å². The fourth-order valence-electron chi connectivity index (χ4n) is 3.83. The number of rotatable bonds is 4. The number of hydrogen-bond donors (Lipinski definition) is 0. The minimum Gasteiger partial charge on any atom is -0.487 e. The Bertz CT molecular complexity index is 1040. The molecule has 2 aliphatic heterocycles. The molecular formula is C23H22F2N4O. The Morgan fingerprint density at radius 3 is 2.60 bits per heavy atom. The van der Waals surface area contributed by atoms with Crippen molar-refractivity contribution >= 4 is 17.6 Å². The third kappa shape index (κ3) is 4.13. The Morgan fingerprint density at radius 1 is 1.10 bits per heavy atom. The lowest BCUT2D eigenvalue weighted by molar-refractivity contribution is 0.163. The summed E-state index contributed by atoms with van der Waals surface area (Å²) in [5.41, 5.74) is 3.63. The zero-order chi connectivity index (χ0) is 21.1. The number of aliphatic imine (C=N–C) groups is 1. The molecule has 2 aliphatic rings. The minimum atomic E-state index is -0.680. The number of nitrogens with zero attached hydrogens (tertiary/aromatic N) is 4. The smallest absolute Gasteiger partial charge is 0.167 e. The van der Waals surface area contributed by atoms with Gasteiger partial charge in [-0.1, -0.05) is 0 Å². The lowest BCUT2D eigenvalue weighted by atomic mass is 10.0. The van der Waals surface area contributed by atoms with E-state index in [1.54, 1.807) is 0 Å². The quantitative estimate of drug-likeness (QED) is 0.740. The van der Waals surface area contributed by atoms with Gasteiger partial charge in [0.1, 0.15) is 11.9 Å². The molecule has 0 saturated carbocycles. The predicted octanol–water partition coefficient (Wildman–Crippen LogP) is 4.64. The van der Waals surface area contributed by atoms with E-state index in [0.29, 0.717) is 24.9 Å². The fraction of sp³-hybridized carbons (Fsp3) is 0.304. The van der Waals surface area contributed by atoms with Crippen LogP contribution >= 0.6 is 0 Å². The molecule has 0 N–H and O–H groups in total. The number of allylic oxidation sites excluding steroid dienone is 1. The number of hydrogen-bond acceptors (Lipinski definition) is 5. The number of nitriles is 1. The molecule has 1 fully saturated rings. The zero-order valence-electron chi connectivity index (χ0n) is 16.7. The standard InChI is InChI=1S/C23H22F2N4O/c1-16-15-27-8-11-29(16)22-12-17(14-26)2-4-21(22)28-9-6-19(7-10-28)30-23-5-3-18(24)13-20(23)25/h2-5,8,12-13,15,19H,6-7,9-11H2,1H3. The SMILES string of the molecule is CC1=CN=CCN1c1cc(C#N)ccc1N1CCC(Oc2ccc(F)cc2F)CC1. The largest absolute Gasteiger partial charge is 0.487 e. The van der Waals surface area contributed by atoms with Gasteiger partial charge in [-0.25, -0.2) is 8.78 Å². The van der Waals surface area contributed by atoms with Gasteiger partial charge in [0.25, 0.3) is 0 Å². The van der Waals surface area contributed by atoms with Crippen LogP contribution in [0.2, 0.25) is 0 Å². The molecule has 0 unspecified atom stereocenters. The lowest BCUT2D eigenvalue weighted by Gasteiger charge is -2.37. The maximum Gasteiger partial charge on any atom is 0.167 e. The van der Waals surface area contributed by atoms with Gasteiger partial charge in [0.15, 0.2) is 11.6 Å². The van der Waals surface area contributed by atoms with Gasteiger partial charge in [-0.05, 0) is 37.3 Å². The van der Waals surface area contributed by atoms with Crippen molar-refractivity contribution in [2.24, 2.45) is 4.99 Å². The molecule has 154 valence electrons. The first kappa shape index (κ1) is 19.9. The maximum atomic E-state index is 13.9. The first-order valence-electron chi connectivity index (χ1n) is 9.92. The maximum absolute atomic E-state index is 13.9. The monoisotopic (exact) mass is 408 g/mol. The first-order valence-corrected chi connectivity index (χ1v) is 9.92. The molecule has 0 atom stereocenters. The molecule has 0 bridgehead atoms. The molecule has 0 aromatic heterocycles. The van der Waals surface area contributed by atoms with Crippen molar-refractivity contribution in [1.82, 2.24) is 0 Å². The topological polar surface area (TPSA) is 51.9 Å². The highest BCUT2D eigenvalue weighted by atomic mass is 19.1. The molecule has 4 rings (SSSR count). The van der Waals surface area contributed by atoms with Crippen LogP contribution in [0.25, 0.3) is 0 Å². The van der Waals surface area contributed by atoms with Gasteiger partial charge in [-0.2, -0.15) is 5.26 Å². The molecule has 0 amide bonds. The molecule has 7 heteroatoms. The van der Waals surface area contributed by atoms with Crippen molar-refractivity contribution in [3.05, 3.63) is 65.5 Å². The van der Waals surface area contributed by atoms with E-state index < -0.39 is 11.6 Å². The summed E-state index contributed by atoms with van der Waals surface area (Å²) in [4.78, 5) is 8.60. The van der Waals surface area contributed by atoms with Crippen LogP contribution in [0.5, 0.6) is 5.75 Å². The second kappa shape index (κ2) is 8.54. The van der Waals surface area contributed by atoms with Gasteiger partial charge in [-0.3, -0.25) is 4.99 Å². The molecule has 0 aliphatic carbocycles. The van der Waals surface area contributed by atoms with Crippen molar-refractivity contribution in [3.63, 3.8) is 0 Å². The van der Waals surface area contributed by atoms with Gasteiger partial charge < -0.3 is 14.5 Å². The highest BCUT2D eigenvalue weighted by Gasteiger charge is 2.25. The van der Waals surface area contributed by atoms with E-state index in [1.807, 2.05) is 37.5 Å². The number of piperidine rings is 1. The van der Waals surface area contributed by atoms with Gasteiger partial charge in [-0.15, -0.1) is 0 Å². The van der Waals surface area contributed by atoms with Crippen LogP contribution < -0.4 is 14.5 Å². The van der Waals surface area contributed by atoms with Crippen LogP contribution in [-0.4, -0.2) is 32.0 Å². The molecule has 2 aromatic carbocycles. The molecule has 2 aromatic rings. The summed E-state index contributed by atoms with van der Waals surface area (Å²) in [6, 6.07) is 11.3. The highest BCUT2D eigenvalue weighted by molar-refractivity contribution is 5.80. The Morgan fingerprint density at radius 2 is 1.90 bits per heavy atom. The third-order valence-corrected chi connectivity index (χ3v) is 5.42. The first-order chi connectivity index (χ1) is 14.5. The Labute approximate surface area is 174 Å². The summed E-state index contributed by atoms with van der Waals surface area (Å²) in [5, 5.41) is 9.35. The van der Waals surface area contributed by atoms with E-state index in [9.17, 15) is 14.0 Å². The number of halogens is 2. The van der Waals surface area contributed by atoms with Gasteiger partial charge in [0.2, 0.25) is 0 Å². The van der Waals surface area contributed by atoms with E-state index in [0.717, 1.165) is 36.2 Å². The average molecular weight is 408 g/mol. The van der Waals surface area contributed by atoms with Crippen molar-refractivity contribution in [1.29, 1.82) is 5.26 Å². The molecule has 5 nitrogen and oxygen atoms in total. The van der Waals surface area contributed by atoms with Crippen molar-refractivity contribution in [3.8, 4) is 11.8 Å². The van der Waals surface area contributed by atoms with E-state index in [1.165, 1.54) is 12.1 Å². The van der Waals surface area contributed by atoms with Crippen molar-refractivity contribution in [2.75, 3.05) is 29.4 Å². The van der Waals surface area contributed by atoms with Crippen LogP contribution in [0.3, 0.4) is 0 Å². The average Bonchev–Trinajstić information content (AvgIpc) is 2.76. The Kier molecular flexibility index (Phi) is 5.66. The Balaban J connectivity index is 1.50. The molecular weight excluding hydrogens is 386 g/mol. The van der Waals surface area contributed by atoms with Crippen LogP contribution in [-0.2, 0) is 0 Å². The van der Waals surface area contributed by atoms with Gasteiger partial charge in [0, 0.05) is 50.1 Å². The van der Waals surface area contributed by atoms with E-state index in [-0.39, 0.29) is 11.9 Å². The van der Waals surface area contributed by atoms with Crippen LogP contribution in [0, 0.1) is 23.0 Å². The van der Waals surface area contributed by atoms with Crippen LogP contribution in [0.15, 0.2) is 53.3 Å². The van der Waals surface area contributed by atoms with E-state index in [2.05, 4.69) is 20.9 Å². The summed E-state index contributed by atoms with van der Waals surface area (Å²) in [5.74, 6) is -1.21. The lowest BCUT2D eigenvalue weighted by Crippen LogP contribution is -2.39. The summed E-state index contributed by atoms with van der Waals surface area (Å²) in [7, 11) is 0. The molecule has 0 spiro atoms. The second-order valence-electron chi connectivity index (χ2n) is 7.41. The number of benzene rings is 2. The third-order valence-electron chi connectivity index (χ3n) is 5.42. The van der Waals surface area contributed by atoms with E-state index >= 15 is 0 Å². The van der Waals surface area contributed by atoms with Crippen LogP contribution in [0.1, 0.15) is 25.3 Å². The highest BCUT2D eigenvalue weighted by Crippen LogP contribution is 2.35.